The maximum Gasteiger partial charge on any atom is 0.387 e. The van der Waals surface area contributed by atoms with Crippen molar-refractivity contribution < 1.29 is 27.8 Å². The molecule has 10 nitrogen and oxygen atoms in total. The molecule has 2 heterocycles. The van der Waals surface area contributed by atoms with Crippen molar-refractivity contribution in [2.24, 2.45) is 4.99 Å². The average molecular weight is 607 g/mol. The van der Waals surface area contributed by atoms with Crippen LogP contribution in [0.15, 0.2) is 72.0 Å². The minimum absolute atomic E-state index is 0.0461. The molecule has 0 spiro atoms. The number of hydrogen-bond donors (Lipinski definition) is 1. The molecule has 1 aliphatic rings. The van der Waals surface area contributed by atoms with Gasteiger partial charge in [-0.15, -0.1) is 5.10 Å². The Morgan fingerprint density at radius 2 is 1.91 bits per heavy atom. The number of thioether (sulfide) groups is 1. The Balaban J connectivity index is 1.30. The number of amides is 3. The highest BCUT2D eigenvalue weighted by Gasteiger charge is 2.32. The molecule has 1 saturated heterocycles. The van der Waals surface area contributed by atoms with Gasteiger partial charge in [-0.05, 0) is 80.4 Å². The molecule has 0 bridgehead atoms. The highest BCUT2D eigenvalue weighted by molar-refractivity contribution is 8.15. The number of nitrogens with one attached hydrogen (secondary N) is 1. The zero-order valence-corrected chi connectivity index (χ0v) is 24.4. The van der Waals surface area contributed by atoms with Crippen LogP contribution < -0.4 is 15.0 Å². The van der Waals surface area contributed by atoms with Crippen LogP contribution in [0.5, 0.6) is 5.75 Å². The first-order chi connectivity index (χ1) is 20.7. The zero-order valence-electron chi connectivity index (χ0n) is 23.6. The van der Waals surface area contributed by atoms with Crippen molar-refractivity contribution in [2.75, 3.05) is 22.6 Å². The van der Waals surface area contributed by atoms with Crippen molar-refractivity contribution in [3.05, 3.63) is 83.7 Å². The predicted octanol–water partition coefficient (Wildman–Crippen LogP) is 6.36. The number of benzene rings is 3. The number of aryl methyl sites for hydroxylation is 2. The predicted molar refractivity (Wildman–Crippen MR) is 161 cm³/mol. The van der Waals surface area contributed by atoms with Crippen molar-refractivity contribution in [3.63, 3.8) is 0 Å². The highest BCUT2D eigenvalue weighted by Crippen LogP contribution is 2.31. The zero-order chi connectivity index (χ0) is 30.5. The molecule has 222 valence electrons. The Morgan fingerprint density at radius 3 is 2.63 bits per heavy atom. The number of ether oxygens (including phenoxy) is 2. The number of nitrogens with zero attached hydrogens (tertiary/aromatic N) is 5. The maximum atomic E-state index is 13.0. The van der Waals surface area contributed by atoms with Crippen molar-refractivity contribution in [1.29, 1.82) is 0 Å². The van der Waals surface area contributed by atoms with E-state index in [2.05, 4.69) is 25.1 Å². The summed E-state index contributed by atoms with van der Waals surface area (Å²) in [6, 6.07) is 16.5. The van der Waals surface area contributed by atoms with E-state index >= 15 is 0 Å². The minimum atomic E-state index is -2.90. The molecule has 3 aromatic carbocycles. The molecule has 0 unspecified atom stereocenters. The Kier molecular flexibility index (Phi) is 9.12. The number of alkyl halides is 2. The topological polar surface area (TPSA) is 111 Å². The Hall–Kier alpha value is -4.62. The highest BCUT2D eigenvalue weighted by atomic mass is 32.2. The van der Waals surface area contributed by atoms with Gasteiger partial charge < -0.3 is 14.8 Å². The van der Waals surface area contributed by atoms with E-state index < -0.39 is 12.6 Å². The fraction of sp³-hybridized carbons (Fsp3) is 0.233. The van der Waals surface area contributed by atoms with Crippen LogP contribution in [-0.4, -0.2) is 50.8 Å². The Bertz CT molecular complexity index is 1680. The quantitative estimate of drug-likeness (QED) is 0.236. The summed E-state index contributed by atoms with van der Waals surface area (Å²) in [5.41, 5.74) is 5.07. The summed E-state index contributed by atoms with van der Waals surface area (Å²) in [6.07, 6.45) is 1.51. The lowest BCUT2D eigenvalue weighted by Gasteiger charge is -2.20. The first-order valence-electron chi connectivity index (χ1n) is 13.3. The normalized spacial score (nSPS) is 14.1. The first kappa shape index (κ1) is 29.9. The molecule has 0 saturated carbocycles. The van der Waals surface area contributed by atoms with Gasteiger partial charge in [0, 0.05) is 23.4 Å². The van der Waals surface area contributed by atoms with Gasteiger partial charge >= 0.3 is 12.6 Å². The van der Waals surface area contributed by atoms with E-state index in [9.17, 15) is 18.4 Å². The van der Waals surface area contributed by atoms with Crippen LogP contribution in [-0.2, 0) is 16.1 Å². The van der Waals surface area contributed by atoms with Crippen LogP contribution in [0.4, 0.5) is 25.0 Å². The second kappa shape index (κ2) is 13.1. The number of carbonyl (C=O) groups excluding carboxylic acids is 2. The van der Waals surface area contributed by atoms with E-state index in [1.54, 1.807) is 24.3 Å². The number of urea groups is 1. The molecule has 1 aliphatic heterocycles. The summed E-state index contributed by atoms with van der Waals surface area (Å²) in [5, 5.41) is 7.57. The lowest BCUT2D eigenvalue weighted by Crippen LogP contribution is -2.31. The first-order valence-corrected chi connectivity index (χ1v) is 14.3. The van der Waals surface area contributed by atoms with Crippen LogP contribution in [0.2, 0.25) is 0 Å². The van der Waals surface area contributed by atoms with Crippen LogP contribution in [0.3, 0.4) is 0 Å². The summed E-state index contributed by atoms with van der Waals surface area (Å²) >= 11 is 1.20. The lowest BCUT2D eigenvalue weighted by molar-refractivity contribution is -0.115. The number of carbonyl (C=O) groups is 2. The number of hydrogen-bond acceptors (Lipinski definition) is 7. The summed E-state index contributed by atoms with van der Waals surface area (Å²) in [5.74, 6) is 0.496. The molecule has 1 aromatic heterocycles. The van der Waals surface area contributed by atoms with Gasteiger partial charge in [-0.2, -0.15) is 13.8 Å². The van der Waals surface area contributed by atoms with Crippen molar-refractivity contribution >= 4 is 40.2 Å². The van der Waals surface area contributed by atoms with Gasteiger partial charge in [0.1, 0.15) is 12.1 Å². The Labute approximate surface area is 250 Å². The van der Waals surface area contributed by atoms with E-state index in [4.69, 9.17) is 4.74 Å². The van der Waals surface area contributed by atoms with Gasteiger partial charge in [0.2, 0.25) is 5.91 Å². The fourth-order valence-corrected chi connectivity index (χ4v) is 5.23. The third-order valence-electron chi connectivity index (χ3n) is 6.45. The third-order valence-corrected chi connectivity index (χ3v) is 7.37. The van der Waals surface area contributed by atoms with Crippen LogP contribution in [0.25, 0.3) is 17.1 Å². The lowest BCUT2D eigenvalue weighted by atomic mass is 10.1. The molecule has 3 amide bonds. The monoisotopic (exact) mass is 606 g/mol. The SMILES string of the molecule is CCOCc1ccc(C)cc1N1C(=O)CS/C1=N\C(=O)Nc1ccc(-c2ncn(-c3ccc(OC(F)F)cc3)n2)cc1C. The van der Waals surface area contributed by atoms with Gasteiger partial charge in [-0.3, -0.25) is 9.69 Å². The molecule has 0 atom stereocenters. The van der Waals surface area contributed by atoms with E-state index in [-0.39, 0.29) is 17.4 Å². The molecular weight excluding hydrogens is 578 g/mol. The Morgan fingerprint density at radius 1 is 1.12 bits per heavy atom. The molecular formula is C30H28F2N6O4S. The van der Waals surface area contributed by atoms with E-state index in [1.165, 1.54) is 39.8 Å². The number of aromatic nitrogens is 3. The molecule has 0 aliphatic carbocycles. The molecule has 1 fully saturated rings. The summed E-state index contributed by atoms with van der Waals surface area (Å²) in [7, 11) is 0. The molecule has 43 heavy (non-hydrogen) atoms. The summed E-state index contributed by atoms with van der Waals surface area (Å²) in [4.78, 5) is 35.9. The average Bonchev–Trinajstić information content (AvgIpc) is 3.60. The second-order valence-electron chi connectivity index (χ2n) is 9.53. The molecule has 0 radical (unpaired) electrons. The van der Waals surface area contributed by atoms with Gasteiger partial charge in [0.05, 0.1) is 23.7 Å². The summed E-state index contributed by atoms with van der Waals surface area (Å²) in [6.45, 7) is 3.63. The molecule has 5 rings (SSSR count). The van der Waals surface area contributed by atoms with Gasteiger partial charge in [0.25, 0.3) is 0 Å². The second-order valence-corrected chi connectivity index (χ2v) is 10.5. The summed E-state index contributed by atoms with van der Waals surface area (Å²) < 4.78 is 36.3. The van der Waals surface area contributed by atoms with Gasteiger partial charge in [-0.1, -0.05) is 23.9 Å². The number of rotatable bonds is 9. The standard InChI is InChI=1S/C30H28F2N6O4S/c1-4-41-15-21-6-5-18(2)13-25(21)38-26(39)16-43-30(38)35-29(40)34-24-12-7-20(14-19(24)3)27-33-17-37(36-27)22-8-10-23(11-9-22)42-28(31)32/h5-14,17,28H,4,15-16H2,1-3H3,(H,34,40)/b35-30-. The van der Waals surface area contributed by atoms with Crippen molar-refractivity contribution in [2.45, 2.75) is 34.0 Å². The van der Waals surface area contributed by atoms with Crippen molar-refractivity contribution in [1.82, 2.24) is 14.8 Å². The van der Waals surface area contributed by atoms with Crippen LogP contribution >= 0.6 is 11.8 Å². The molecule has 13 heteroatoms. The fourth-order valence-electron chi connectivity index (χ4n) is 4.37. The molecule has 1 N–H and O–H groups in total. The van der Waals surface area contributed by atoms with Crippen molar-refractivity contribution in [3.8, 4) is 22.8 Å². The number of amidine groups is 1. The van der Waals surface area contributed by atoms with E-state index in [0.29, 0.717) is 46.8 Å². The van der Waals surface area contributed by atoms with Gasteiger partial charge in [-0.25, -0.2) is 14.5 Å². The maximum absolute atomic E-state index is 13.0. The smallest absolute Gasteiger partial charge is 0.387 e. The largest absolute Gasteiger partial charge is 0.435 e. The number of halogens is 2. The minimum Gasteiger partial charge on any atom is -0.435 e. The van der Waals surface area contributed by atoms with Gasteiger partial charge in [0.15, 0.2) is 11.0 Å². The third kappa shape index (κ3) is 7.07. The van der Waals surface area contributed by atoms with Crippen LogP contribution in [0.1, 0.15) is 23.6 Å². The van der Waals surface area contributed by atoms with E-state index in [1.807, 2.05) is 45.0 Å². The molecule has 4 aromatic rings. The number of anilines is 2. The van der Waals surface area contributed by atoms with E-state index in [0.717, 1.165) is 16.7 Å². The van der Waals surface area contributed by atoms with Crippen LogP contribution in [0, 0.1) is 13.8 Å². The number of aliphatic imine (C=N–C) groups is 1.